The highest BCUT2D eigenvalue weighted by molar-refractivity contribution is 5.89. The maximum atomic E-state index is 13.1. The first kappa shape index (κ1) is 27.3. The van der Waals surface area contributed by atoms with E-state index in [-0.39, 0.29) is 30.4 Å². The van der Waals surface area contributed by atoms with E-state index < -0.39 is 23.1 Å². The zero-order valence-electron chi connectivity index (χ0n) is 21.8. The predicted octanol–water partition coefficient (Wildman–Crippen LogP) is 5.68. The zero-order valence-corrected chi connectivity index (χ0v) is 21.8. The number of nitro benzene ring substituents is 1. The number of nitrogens with one attached hydrogen (secondary N) is 1. The average molecular weight is 531 g/mol. The molecule has 2 unspecified atom stereocenters. The number of aromatic nitrogens is 2. The lowest BCUT2D eigenvalue weighted by Gasteiger charge is -2.23. The Morgan fingerprint density at radius 3 is 2.54 bits per heavy atom. The average Bonchev–Trinajstić information content (AvgIpc) is 3.57. The number of benzene rings is 2. The van der Waals surface area contributed by atoms with E-state index in [0.29, 0.717) is 12.8 Å². The Morgan fingerprint density at radius 1 is 1.08 bits per heavy atom. The SMILES string of the molecule is CC.O=C(OC1CC(Cc2c[nH]c3ncccc23)N(C(=O)OCc2ccccc2)C1)c1ccc([N+](=O)[O-])cc1. The Balaban J connectivity index is 0.00000172. The quantitative estimate of drug-likeness (QED) is 0.185. The molecular formula is C29H30N4O6. The van der Waals surface area contributed by atoms with Crippen molar-refractivity contribution in [2.75, 3.05) is 6.54 Å². The number of likely N-dealkylation sites (tertiary alicyclic amines) is 1. The fourth-order valence-corrected chi connectivity index (χ4v) is 4.55. The first-order valence-corrected chi connectivity index (χ1v) is 12.8. The molecule has 2 aromatic heterocycles. The smallest absolute Gasteiger partial charge is 0.410 e. The lowest BCUT2D eigenvalue weighted by atomic mass is 10.0. The molecular weight excluding hydrogens is 500 g/mol. The molecule has 5 rings (SSSR count). The monoisotopic (exact) mass is 530 g/mol. The van der Waals surface area contributed by atoms with Crippen molar-refractivity contribution in [2.45, 2.75) is 45.4 Å². The highest BCUT2D eigenvalue weighted by Crippen LogP contribution is 2.28. The Kier molecular flexibility index (Phi) is 8.88. The van der Waals surface area contributed by atoms with Crippen molar-refractivity contribution in [3.05, 3.63) is 106 Å². The van der Waals surface area contributed by atoms with E-state index in [1.54, 1.807) is 11.1 Å². The molecule has 0 aliphatic carbocycles. The molecule has 2 aromatic carbocycles. The molecule has 3 heterocycles. The number of hydrogen-bond donors (Lipinski definition) is 1. The van der Waals surface area contributed by atoms with Crippen molar-refractivity contribution in [2.24, 2.45) is 0 Å². The number of fused-ring (bicyclic) bond motifs is 1. The molecule has 0 radical (unpaired) electrons. The molecule has 0 saturated carbocycles. The van der Waals surface area contributed by atoms with Crippen molar-refractivity contribution in [3.8, 4) is 0 Å². The summed E-state index contributed by atoms with van der Waals surface area (Å²) in [5.41, 5.74) is 2.72. The number of non-ortho nitro benzene ring substituents is 1. The van der Waals surface area contributed by atoms with E-state index in [9.17, 15) is 19.7 Å². The summed E-state index contributed by atoms with van der Waals surface area (Å²) < 4.78 is 11.3. The number of amides is 1. The van der Waals surface area contributed by atoms with Crippen LogP contribution in [0.1, 0.15) is 41.8 Å². The predicted molar refractivity (Wildman–Crippen MR) is 145 cm³/mol. The van der Waals surface area contributed by atoms with Crippen LogP contribution in [0.25, 0.3) is 11.0 Å². The van der Waals surface area contributed by atoms with Gasteiger partial charge in [-0.2, -0.15) is 0 Å². The zero-order chi connectivity index (χ0) is 27.8. The number of hydrogen-bond acceptors (Lipinski definition) is 7. The van der Waals surface area contributed by atoms with Gasteiger partial charge in [-0.3, -0.25) is 10.1 Å². The third kappa shape index (κ3) is 6.59. The largest absolute Gasteiger partial charge is 0.457 e. The standard InChI is InChI=1S/C27H24N4O6.C2H6/c32-26(19-8-10-21(11-9-19)31(34)35)37-23-14-22(13-20-15-29-25-24(20)7-4-12-28-25)30(16-23)27(33)36-17-18-5-2-1-3-6-18;1-2/h1-12,15,22-23H,13-14,16-17H2,(H,28,29);1-2H3. The van der Waals surface area contributed by atoms with E-state index in [2.05, 4.69) is 9.97 Å². The van der Waals surface area contributed by atoms with Crippen LogP contribution in [0.4, 0.5) is 10.5 Å². The van der Waals surface area contributed by atoms with Crippen molar-refractivity contribution < 1.29 is 24.0 Å². The Bertz CT molecular complexity index is 1420. The third-order valence-electron chi connectivity index (χ3n) is 6.40. The number of H-pyrrole nitrogens is 1. The van der Waals surface area contributed by atoms with Crippen molar-refractivity contribution >= 4 is 28.8 Å². The number of rotatable bonds is 7. The van der Waals surface area contributed by atoms with E-state index in [1.807, 2.05) is 62.5 Å². The van der Waals surface area contributed by atoms with Crippen LogP contribution in [0.15, 0.2) is 79.1 Å². The van der Waals surface area contributed by atoms with Gasteiger partial charge in [0.1, 0.15) is 18.4 Å². The minimum atomic E-state index is -0.602. The molecule has 39 heavy (non-hydrogen) atoms. The summed E-state index contributed by atoms with van der Waals surface area (Å²) in [4.78, 5) is 45.3. The van der Waals surface area contributed by atoms with Gasteiger partial charge in [-0.15, -0.1) is 0 Å². The van der Waals surface area contributed by atoms with Crippen LogP contribution in [0, 0.1) is 10.1 Å². The van der Waals surface area contributed by atoms with Gasteiger partial charge in [0, 0.05) is 42.4 Å². The van der Waals surface area contributed by atoms with E-state index in [0.717, 1.165) is 22.2 Å². The normalized spacial score (nSPS) is 16.3. The summed E-state index contributed by atoms with van der Waals surface area (Å²) in [5, 5.41) is 11.9. The maximum absolute atomic E-state index is 13.1. The van der Waals surface area contributed by atoms with Crippen molar-refractivity contribution in [3.63, 3.8) is 0 Å². The van der Waals surface area contributed by atoms with Crippen LogP contribution < -0.4 is 0 Å². The second-order valence-electron chi connectivity index (χ2n) is 8.83. The molecule has 0 spiro atoms. The van der Waals surface area contributed by atoms with Gasteiger partial charge in [-0.05, 0) is 41.8 Å². The number of nitrogens with zero attached hydrogens (tertiary/aromatic N) is 3. The van der Waals surface area contributed by atoms with Crippen LogP contribution in [0.2, 0.25) is 0 Å². The highest BCUT2D eigenvalue weighted by atomic mass is 16.6. The fourth-order valence-electron chi connectivity index (χ4n) is 4.55. The van der Waals surface area contributed by atoms with Crippen molar-refractivity contribution in [1.29, 1.82) is 0 Å². The summed E-state index contributed by atoms with van der Waals surface area (Å²) >= 11 is 0. The lowest BCUT2D eigenvalue weighted by molar-refractivity contribution is -0.384. The van der Waals surface area contributed by atoms with Gasteiger partial charge >= 0.3 is 12.1 Å². The molecule has 202 valence electrons. The Morgan fingerprint density at radius 2 is 1.82 bits per heavy atom. The number of pyridine rings is 1. The third-order valence-corrected chi connectivity index (χ3v) is 6.40. The molecule has 10 heteroatoms. The van der Waals surface area contributed by atoms with Gasteiger partial charge in [0.05, 0.1) is 17.0 Å². The molecule has 4 aromatic rings. The Labute approximate surface area is 225 Å². The molecule has 1 saturated heterocycles. The number of esters is 1. The lowest BCUT2D eigenvalue weighted by Crippen LogP contribution is -2.37. The fraction of sp³-hybridized carbons (Fsp3) is 0.276. The van der Waals surface area contributed by atoms with E-state index in [4.69, 9.17) is 9.47 Å². The number of carbonyl (C=O) groups excluding carboxylic acids is 2. The van der Waals surface area contributed by atoms with E-state index >= 15 is 0 Å². The Hall–Kier alpha value is -4.73. The summed E-state index contributed by atoms with van der Waals surface area (Å²) in [5.74, 6) is -0.602. The second-order valence-corrected chi connectivity index (χ2v) is 8.83. The molecule has 1 aliphatic rings. The van der Waals surface area contributed by atoms with Crippen LogP contribution in [-0.2, 0) is 22.5 Å². The van der Waals surface area contributed by atoms with Gasteiger partial charge in [0.15, 0.2) is 0 Å². The molecule has 1 N–H and O–H groups in total. The van der Waals surface area contributed by atoms with E-state index in [1.165, 1.54) is 24.3 Å². The van der Waals surface area contributed by atoms with Gasteiger partial charge in [-0.25, -0.2) is 14.6 Å². The first-order chi connectivity index (χ1) is 19.0. The number of nitro groups is 1. The highest BCUT2D eigenvalue weighted by Gasteiger charge is 2.38. The summed E-state index contributed by atoms with van der Waals surface area (Å²) in [6, 6.07) is 18.2. The minimum absolute atomic E-state index is 0.113. The summed E-state index contributed by atoms with van der Waals surface area (Å²) in [6.45, 7) is 4.31. The number of aromatic amines is 1. The topological polar surface area (TPSA) is 128 Å². The maximum Gasteiger partial charge on any atom is 0.410 e. The van der Waals surface area contributed by atoms with Gasteiger partial charge < -0.3 is 19.4 Å². The van der Waals surface area contributed by atoms with Crippen LogP contribution in [0.5, 0.6) is 0 Å². The summed E-state index contributed by atoms with van der Waals surface area (Å²) in [6.07, 6.45) is 3.49. The molecule has 1 fully saturated rings. The molecule has 1 aliphatic heterocycles. The molecule has 1 amide bonds. The number of ether oxygens (including phenoxy) is 2. The van der Waals surface area contributed by atoms with Gasteiger partial charge in [0.2, 0.25) is 0 Å². The first-order valence-electron chi connectivity index (χ1n) is 12.8. The van der Waals surface area contributed by atoms with Gasteiger partial charge in [-0.1, -0.05) is 44.2 Å². The second kappa shape index (κ2) is 12.7. The van der Waals surface area contributed by atoms with Crippen LogP contribution in [0.3, 0.4) is 0 Å². The van der Waals surface area contributed by atoms with Gasteiger partial charge in [0.25, 0.3) is 5.69 Å². The molecule has 10 nitrogen and oxygen atoms in total. The van der Waals surface area contributed by atoms with Crippen LogP contribution >= 0.6 is 0 Å². The van der Waals surface area contributed by atoms with Crippen molar-refractivity contribution in [1.82, 2.24) is 14.9 Å². The molecule has 0 bridgehead atoms. The molecule has 2 atom stereocenters. The summed E-state index contributed by atoms with van der Waals surface area (Å²) in [7, 11) is 0. The number of carbonyl (C=O) groups is 2. The minimum Gasteiger partial charge on any atom is -0.457 e. The van der Waals surface area contributed by atoms with Crippen LogP contribution in [-0.4, -0.2) is 50.5 Å².